The molecular formula is C14H17ClN2O. The van der Waals surface area contributed by atoms with E-state index >= 15 is 0 Å². The van der Waals surface area contributed by atoms with Crippen LogP contribution in [-0.2, 0) is 6.42 Å². The molecule has 2 aromatic rings. The minimum Gasteiger partial charge on any atom is -0.494 e. The molecule has 0 aliphatic heterocycles. The fourth-order valence-corrected chi connectivity index (χ4v) is 2.44. The van der Waals surface area contributed by atoms with Crippen molar-refractivity contribution >= 4 is 22.5 Å². The summed E-state index contributed by atoms with van der Waals surface area (Å²) in [4.78, 5) is 4.52. The molecule has 0 saturated carbocycles. The van der Waals surface area contributed by atoms with Gasteiger partial charge in [0.2, 0.25) is 0 Å². The zero-order valence-electron chi connectivity index (χ0n) is 10.8. The maximum Gasteiger partial charge on any atom is 0.145 e. The molecule has 0 spiro atoms. The second-order valence-corrected chi connectivity index (χ2v) is 4.98. The SMILES string of the molecule is COc1ccc(Cl)c2c(CC(C)N)cc(C)nc12. The molecule has 1 heterocycles. The van der Waals surface area contributed by atoms with Crippen LogP contribution in [0.4, 0.5) is 0 Å². The molecule has 0 radical (unpaired) electrons. The summed E-state index contributed by atoms with van der Waals surface area (Å²) in [6, 6.07) is 5.80. The Morgan fingerprint density at radius 3 is 2.78 bits per heavy atom. The standard InChI is InChI=1S/C14H17ClN2O/c1-8(16)6-10-7-9(2)17-14-12(18-3)5-4-11(15)13(10)14/h4-5,7-8H,6,16H2,1-3H3. The first-order valence-electron chi connectivity index (χ1n) is 5.91. The first-order chi connectivity index (χ1) is 8.52. The fourth-order valence-electron chi connectivity index (χ4n) is 2.17. The van der Waals surface area contributed by atoms with Gasteiger partial charge in [-0.3, -0.25) is 0 Å². The lowest BCUT2D eigenvalue weighted by atomic mass is 10.0. The van der Waals surface area contributed by atoms with Gasteiger partial charge in [0.1, 0.15) is 11.3 Å². The van der Waals surface area contributed by atoms with Gasteiger partial charge >= 0.3 is 0 Å². The highest BCUT2D eigenvalue weighted by molar-refractivity contribution is 6.35. The lowest BCUT2D eigenvalue weighted by Crippen LogP contribution is -2.18. The minimum absolute atomic E-state index is 0.0808. The van der Waals surface area contributed by atoms with Crippen LogP contribution in [0.1, 0.15) is 18.2 Å². The number of hydrogen-bond acceptors (Lipinski definition) is 3. The molecule has 1 atom stereocenters. The molecule has 0 aliphatic rings. The number of ether oxygens (including phenoxy) is 1. The van der Waals surface area contributed by atoms with Gasteiger partial charge in [0.05, 0.1) is 12.1 Å². The Morgan fingerprint density at radius 1 is 1.44 bits per heavy atom. The topological polar surface area (TPSA) is 48.1 Å². The van der Waals surface area contributed by atoms with E-state index < -0.39 is 0 Å². The van der Waals surface area contributed by atoms with Crippen molar-refractivity contribution < 1.29 is 4.74 Å². The van der Waals surface area contributed by atoms with Crippen LogP contribution in [-0.4, -0.2) is 18.1 Å². The molecule has 18 heavy (non-hydrogen) atoms. The summed E-state index contributed by atoms with van der Waals surface area (Å²) in [6.07, 6.45) is 0.771. The monoisotopic (exact) mass is 264 g/mol. The molecule has 0 saturated heterocycles. The first-order valence-corrected chi connectivity index (χ1v) is 6.29. The van der Waals surface area contributed by atoms with Gasteiger partial charge in [-0.1, -0.05) is 11.6 Å². The molecule has 1 aromatic heterocycles. The largest absolute Gasteiger partial charge is 0.494 e. The smallest absolute Gasteiger partial charge is 0.145 e. The summed E-state index contributed by atoms with van der Waals surface area (Å²) < 4.78 is 5.35. The van der Waals surface area contributed by atoms with Crippen LogP contribution in [0.5, 0.6) is 5.75 Å². The first kappa shape index (κ1) is 13.1. The summed E-state index contributed by atoms with van der Waals surface area (Å²) in [5, 5.41) is 1.63. The molecule has 0 fully saturated rings. The molecule has 3 nitrogen and oxygen atoms in total. The number of fused-ring (bicyclic) bond motifs is 1. The minimum atomic E-state index is 0.0808. The average molecular weight is 265 g/mol. The van der Waals surface area contributed by atoms with Crippen molar-refractivity contribution in [3.63, 3.8) is 0 Å². The predicted octanol–water partition coefficient (Wildman–Crippen LogP) is 3.09. The van der Waals surface area contributed by atoms with E-state index in [9.17, 15) is 0 Å². The maximum absolute atomic E-state index is 6.29. The van der Waals surface area contributed by atoms with Crippen LogP contribution >= 0.6 is 11.6 Å². The highest BCUT2D eigenvalue weighted by Gasteiger charge is 2.13. The second-order valence-electron chi connectivity index (χ2n) is 4.58. The van der Waals surface area contributed by atoms with Gasteiger partial charge in [0.15, 0.2) is 0 Å². The number of benzene rings is 1. The van der Waals surface area contributed by atoms with Crippen molar-refractivity contribution in [2.45, 2.75) is 26.3 Å². The Bertz CT molecular complexity index is 582. The molecule has 2 rings (SSSR count). The summed E-state index contributed by atoms with van der Waals surface area (Å²) in [6.45, 7) is 3.94. The van der Waals surface area contributed by atoms with Crippen molar-refractivity contribution in [3.8, 4) is 5.75 Å². The van der Waals surface area contributed by atoms with E-state index in [0.29, 0.717) is 5.02 Å². The van der Waals surface area contributed by atoms with Crippen molar-refractivity contribution in [2.24, 2.45) is 5.73 Å². The summed E-state index contributed by atoms with van der Waals surface area (Å²) >= 11 is 6.29. The number of rotatable bonds is 3. The van der Waals surface area contributed by atoms with Gasteiger partial charge in [-0.2, -0.15) is 0 Å². The van der Waals surface area contributed by atoms with E-state index in [1.54, 1.807) is 7.11 Å². The summed E-state index contributed by atoms with van der Waals surface area (Å²) in [5.41, 5.74) is 8.76. The third-order valence-corrected chi connectivity index (χ3v) is 3.16. The number of nitrogens with two attached hydrogens (primary N) is 1. The highest BCUT2D eigenvalue weighted by Crippen LogP contribution is 2.33. The van der Waals surface area contributed by atoms with Crippen LogP contribution in [0.15, 0.2) is 18.2 Å². The van der Waals surface area contributed by atoms with Gasteiger partial charge in [0.25, 0.3) is 0 Å². The fraction of sp³-hybridized carbons (Fsp3) is 0.357. The second kappa shape index (κ2) is 5.12. The van der Waals surface area contributed by atoms with E-state index in [2.05, 4.69) is 4.98 Å². The number of pyridine rings is 1. The maximum atomic E-state index is 6.29. The Labute approximate surface area is 112 Å². The Kier molecular flexibility index (Phi) is 3.73. The molecule has 1 unspecified atom stereocenters. The quantitative estimate of drug-likeness (QED) is 0.927. The average Bonchev–Trinajstić information content (AvgIpc) is 2.27. The molecule has 2 N–H and O–H groups in total. The number of halogens is 1. The number of nitrogens with zero attached hydrogens (tertiary/aromatic N) is 1. The van der Waals surface area contributed by atoms with E-state index in [-0.39, 0.29) is 6.04 Å². The molecule has 0 amide bonds. The van der Waals surface area contributed by atoms with E-state index in [4.69, 9.17) is 22.1 Å². The summed E-state index contributed by atoms with van der Waals surface area (Å²) in [5.74, 6) is 0.740. The van der Waals surface area contributed by atoms with Gasteiger partial charge in [-0.15, -0.1) is 0 Å². The third kappa shape index (κ3) is 2.42. The predicted molar refractivity (Wildman–Crippen MR) is 75.4 cm³/mol. The van der Waals surface area contributed by atoms with Crippen molar-refractivity contribution in [3.05, 3.63) is 34.5 Å². The van der Waals surface area contributed by atoms with Crippen LogP contribution in [0.25, 0.3) is 10.9 Å². The van der Waals surface area contributed by atoms with Gasteiger partial charge in [0, 0.05) is 17.1 Å². The van der Waals surface area contributed by atoms with Crippen LogP contribution in [0.3, 0.4) is 0 Å². The van der Waals surface area contributed by atoms with Crippen molar-refractivity contribution in [1.29, 1.82) is 0 Å². The zero-order chi connectivity index (χ0) is 13.3. The van der Waals surface area contributed by atoms with Crippen LogP contribution in [0.2, 0.25) is 5.02 Å². The molecular weight excluding hydrogens is 248 g/mol. The number of aromatic nitrogens is 1. The van der Waals surface area contributed by atoms with Crippen LogP contribution in [0, 0.1) is 6.92 Å². The van der Waals surface area contributed by atoms with Gasteiger partial charge in [-0.25, -0.2) is 4.98 Å². The van der Waals surface area contributed by atoms with Crippen molar-refractivity contribution in [2.75, 3.05) is 7.11 Å². The molecule has 0 bridgehead atoms. The molecule has 4 heteroatoms. The Morgan fingerprint density at radius 2 is 2.17 bits per heavy atom. The molecule has 96 valence electrons. The van der Waals surface area contributed by atoms with E-state index in [0.717, 1.165) is 34.3 Å². The lowest BCUT2D eigenvalue weighted by molar-refractivity contribution is 0.419. The lowest BCUT2D eigenvalue weighted by Gasteiger charge is -2.13. The third-order valence-electron chi connectivity index (χ3n) is 2.84. The normalized spacial score (nSPS) is 12.7. The zero-order valence-corrected chi connectivity index (χ0v) is 11.6. The number of hydrogen-bond donors (Lipinski definition) is 1. The Balaban J connectivity index is 2.77. The number of aryl methyl sites for hydroxylation is 1. The van der Waals surface area contributed by atoms with Crippen molar-refractivity contribution in [1.82, 2.24) is 4.98 Å². The van der Waals surface area contributed by atoms with Crippen LogP contribution < -0.4 is 10.5 Å². The van der Waals surface area contributed by atoms with E-state index in [1.807, 2.05) is 32.0 Å². The van der Waals surface area contributed by atoms with Gasteiger partial charge in [-0.05, 0) is 44.0 Å². The molecule has 0 aliphatic carbocycles. The van der Waals surface area contributed by atoms with Gasteiger partial charge < -0.3 is 10.5 Å². The van der Waals surface area contributed by atoms with E-state index in [1.165, 1.54) is 0 Å². The Hall–Kier alpha value is -1.32. The highest BCUT2D eigenvalue weighted by atomic mass is 35.5. The summed E-state index contributed by atoms with van der Waals surface area (Å²) in [7, 11) is 1.64. The number of methoxy groups -OCH3 is 1. The molecule has 1 aromatic carbocycles.